The molecule has 1 aromatic rings. The van der Waals surface area contributed by atoms with E-state index >= 15 is 0 Å². The Morgan fingerprint density at radius 2 is 2.13 bits per heavy atom. The molecule has 1 saturated heterocycles. The third-order valence-corrected chi connectivity index (χ3v) is 6.61. The zero-order chi connectivity index (χ0) is 22.0. The van der Waals surface area contributed by atoms with Gasteiger partial charge in [0.2, 0.25) is 0 Å². The number of hydrogen-bond donors (Lipinski definition) is 1. The number of ether oxygens (including phenoxy) is 3. The van der Waals surface area contributed by atoms with Crippen LogP contribution in [-0.2, 0) is 25.4 Å². The van der Waals surface area contributed by atoms with E-state index < -0.39 is 0 Å². The largest absolute Gasteiger partial charge is 0.466 e. The quantitative estimate of drug-likeness (QED) is 0.316. The van der Waals surface area contributed by atoms with Crippen LogP contribution in [0, 0.1) is 11.3 Å². The molecule has 0 bridgehead atoms. The van der Waals surface area contributed by atoms with E-state index in [1.807, 2.05) is 13.8 Å². The van der Waals surface area contributed by atoms with Crippen molar-refractivity contribution in [2.75, 3.05) is 19.0 Å². The van der Waals surface area contributed by atoms with Gasteiger partial charge in [0, 0.05) is 6.61 Å². The van der Waals surface area contributed by atoms with Gasteiger partial charge in [0.1, 0.15) is 0 Å². The van der Waals surface area contributed by atoms with Crippen molar-refractivity contribution in [2.24, 2.45) is 11.3 Å². The predicted molar refractivity (Wildman–Crippen MR) is 125 cm³/mol. The van der Waals surface area contributed by atoms with Crippen LogP contribution >= 0.6 is 12.6 Å². The summed E-state index contributed by atoms with van der Waals surface area (Å²) in [6.45, 7) is 9.49. The average molecular weight is 437 g/mol. The predicted octanol–water partition coefficient (Wildman–Crippen LogP) is 6.14. The highest BCUT2D eigenvalue weighted by Crippen LogP contribution is 2.32. The van der Waals surface area contributed by atoms with Gasteiger partial charge in [0.05, 0.1) is 18.6 Å². The standard InChI is InChI=1S/C25H40O4S/c1-5-27-24(26)19(2)16-20-10-8-11-21(17-20)22(12-9-14-25(3,4)18-30)29-23-13-6-7-15-28-23/h8,10-11,17,19,22-23,30H,5-7,9,12-16,18H2,1-4H3/t19-,22?,23?/m1/s1. The summed E-state index contributed by atoms with van der Waals surface area (Å²) in [5.41, 5.74) is 2.54. The minimum atomic E-state index is -0.155. The molecule has 1 heterocycles. The highest BCUT2D eigenvalue weighted by atomic mass is 32.1. The third kappa shape index (κ3) is 8.60. The van der Waals surface area contributed by atoms with Crippen molar-refractivity contribution in [2.45, 2.75) is 85.0 Å². The van der Waals surface area contributed by atoms with Crippen LogP contribution in [-0.4, -0.2) is 31.2 Å². The lowest BCUT2D eigenvalue weighted by molar-refractivity contribution is -0.191. The molecular formula is C25H40O4S. The molecule has 1 aromatic carbocycles. The Bertz CT molecular complexity index is 640. The van der Waals surface area contributed by atoms with Gasteiger partial charge in [0.15, 0.2) is 6.29 Å². The van der Waals surface area contributed by atoms with E-state index in [0.29, 0.717) is 13.0 Å². The Morgan fingerprint density at radius 3 is 2.80 bits per heavy atom. The van der Waals surface area contributed by atoms with Gasteiger partial charge in [0.25, 0.3) is 0 Å². The van der Waals surface area contributed by atoms with Crippen LogP contribution in [0.3, 0.4) is 0 Å². The minimum absolute atomic E-state index is 0.00154. The van der Waals surface area contributed by atoms with Crippen molar-refractivity contribution in [3.63, 3.8) is 0 Å². The Balaban J connectivity index is 2.08. The Kier molecular flexibility index (Phi) is 10.7. The third-order valence-electron chi connectivity index (χ3n) is 5.76. The first-order valence-corrected chi connectivity index (χ1v) is 12.1. The molecule has 0 spiro atoms. The lowest BCUT2D eigenvalue weighted by atomic mass is 9.88. The Hall–Kier alpha value is -1.04. The molecule has 3 atom stereocenters. The number of esters is 1. The fraction of sp³-hybridized carbons (Fsp3) is 0.720. The van der Waals surface area contributed by atoms with Crippen molar-refractivity contribution in [1.82, 2.24) is 0 Å². The molecule has 0 aliphatic carbocycles. The van der Waals surface area contributed by atoms with Gasteiger partial charge in [-0.3, -0.25) is 4.79 Å². The fourth-order valence-electron chi connectivity index (χ4n) is 3.80. The number of thiol groups is 1. The van der Waals surface area contributed by atoms with Crippen LogP contribution in [0.2, 0.25) is 0 Å². The van der Waals surface area contributed by atoms with Crippen LogP contribution in [0.5, 0.6) is 0 Å². The number of carbonyl (C=O) groups is 1. The second kappa shape index (κ2) is 12.7. The highest BCUT2D eigenvalue weighted by molar-refractivity contribution is 7.80. The fourth-order valence-corrected chi connectivity index (χ4v) is 3.96. The van der Waals surface area contributed by atoms with Gasteiger partial charge in [-0.25, -0.2) is 0 Å². The minimum Gasteiger partial charge on any atom is -0.466 e. The first-order valence-electron chi connectivity index (χ1n) is 11.5. The molecule has 1 aliphatic rings. The maximum absolute atomic E-state index is 12.0. The van der Waals surface area contributed by atoms with E-state index in [0.717, 1.165) is 56.4 Å². The van der Waals surface area contributed by atoms with E-state index in [1.165, 1.54) is 5.56 Å². The summed E-state index contributed by atoms with van der Waals surface area (Å²) >= 11 is 4.49. The normalized spacial score (nSPS) is 19.3. The van der Waals surface area contributed by atoms with Gasteiger partial charge in [-0.2, -0.15) is 12.6 Å². The van der Waals surface area contributed by atoms with E-state index in [2.05, 4.69) is 50.7 Å². The molecule has 1 aliphatic heterocycles. The summed E-state index contributed by atoms with van der Waals surface area (Å²) in [6.07, 6.45) is 6.92. The molecule has 170 valence electrons. The second-order valence-corrected chi connectivity index (χ2v) is 9.55. The molecule has 1 fully saturated rings. The number of carbonyl (C=O) groups excluding carboxylic acids is 1. The van der Waals surface area contributed by atoms with Crippen molar-refractivity contribution in [3.8, 4) is 0 Å². The molecule has 30 heavy (non-hydrogen) atoms. The van der Waals surface area contributed by atoms with E-state index in [9.17, 15) is 4.79 Å². The number of rotatable bonds is 12. The zero-order valence-corrected chi connectivity index (χ0v) is 20.1. The number of hydrogen-bond acceptors (Lipinski definition) is 5. The van der Waals surface area contributed by atoms with Crippen LogP contribution in [0.15, 0.2) is 24.3 Å². The van der Waals surface area contributed by atoms with Gasteiger partial charge >= 0.3 is 5.97 Å². The molecule has 4 nitrogen and oxygen atoms in total. The SMILES string of the molecule is CCOC(=O)[C@H](C)Cc1cccc(C(CCCC(C)(C)CS)OC2CCCCO2)c1. The Labute approximate surface area is 188 Å². The van der Waals surface area contributed by atoms with Crippen molar-refractivity contribution >= 4 is 18.6 Å². The topological polar surface area (TPSA) is 44.8 Å². The summed E-state index contributed by atoms with van der Waals surface area (Å²) in [5.74, 6) is 0.587. The lowest BCUT2D eigenvalue weighted by Crippen LogP contribution is -2.25. The van der Waals surface area contributed by atoms with Crippen LogP contribution in [0.4, 0.5) is 0 Å². The van der Waals surface area contributed by atoms with Crippen LogP contribution in [0.25, 0.3) is 0 Å². The lowest BCUT2D eigenvalue weighted by Gasteiger charge is -2.29. The molecule has 5 heteroatoms. The monoisotopic (exact) mass is 436 g/mol. The van der Waals surface area contributed by atoms with Crippen LogP contribution < -0.4 is 0 Å². The second-order valence-electron chi connectivity index (χ2n) is 9.24. The van der Waals surface area contributed by atoms with Gasteiger partial charge in [-0.1, -0.05) is 45.0 Å². The van der Waals surface area contributed by atoms with Crippen molar-refractivity contribution in [3.05, 3.63) is 35.4 Å². The summed E-state index contributed by atoms with van der Waals surface area (Å²) in [5, 5.41) is 0. The van der Waals surface area contributed by atoms with Crippen LogP contribution in [0.1, 0.15) is 83.5 Å². The van der Waals surface area contributed by atoms with E-state index in [4.69, 9.17) is 14.2 Å². The average Bonchev–Trinajstić information content (AvgIpc) is 2.74. The van der Waals surface area contributed by atoms with Crippen molar-refractivity contribution in [1.29, 1.82) is 0 Å². The Morgan fingerprint density at radius 1 is 1.33 bits per heavy atom. The van der Waals surface area contributed by atoms with Gasteiger partial charge < -0.3 is 14.2 Å². The first-order chi connectivity index (χ1) is 14.3. The maximum Gasteiger partial charge on any atom is 0.308 e. The smallest absolute Gasteiger partial charge is 0.308 e. The maximum atomic E-state index is 12.0. The highest BCUT2D eigenvalue weighted by Gasteiger charge is 2.23. The molecule has 0 saturated carbocycles. The summed E-state index contributed by atoms with van der Waals surface area (Å²) < 4.78 is 17.5. The first kappa shape index (κ1) is 25.2. The van der Waals surface area contributed by atoms with Gasteiger partial charge in [-0.15, -0.1) is 0 Å². The molecule has 0 N–H and O–H groups in total. The molecular weight excluding hydrogens is 396 g/mol. The molecule has 0 aromatic heterocycles. The van der Waals surface area contributed by atoms with Crippen molar-refractivity contribution < 1.29 is 19.0 Å². The summed E-state index contributed by atoms with van der Waals surface area (Å²) in [4.78, 5) is 12.0. The molecule has 0 radical (unpaired) electrons. The molecule has 2 rings (SSSR count). The summed E-state index contributed by atoms with van der Waals surface area (Å²) in [6, 6.07) is 8.47. The van der Waals surface area contributed by atoms with E-state index in [-0.39, 0.29) is 29.7 Å². The summed E-state index contributed by atoms with van der Waals surface area (Å²) in [7, 11) is 0. The number of benzene rings is 1. The zero-order valence-electron chi connectivity index (χ0n) is 19.2. The van der Waals surface area contributed by atoms with Gasteiger partial charge in [-0.05, 0) is 74.2 Å². The molecule has 0 amide bonds. The van der Waals surface area contributed by atoms with E-state index in [1.54, 1.807) is 0 Å². The molecule has 2 unspecified atom stereocenters.